The average molecular weight is 365 g/mol. The Bertz CT molecular complexity index is 329. The molecule has 0 aromatic heterocycles. The van der Waals surface area contributed by atoms with E-state index in [1.807, 2.05) is 22.9 Å². The number of rotatable bonds is 4. The summed E-state index contributed by atoms with van der Waals surface area (Å²) < 4.78 is 1.31. The summed E-state index contributed by atoms with van der Waals surface area (Å²) in [5, 5.41) is 0. The van der Waals surface area contributed by atoms with Gasteiger partial charge in [0.2, 0.25) is 11.8 Å². The zero-order valence-corrected chi connectivity index (χ0v) is 14.4. The van der Waals surface area contributed by atoms with Crippen molar-refractivity contribution in [2.24, 2.45) is 22.7 Å². The van der Waals surface area contributed by atoms with Crippen LogP contribution in [-0.2, 0) is 9.59 Å². The fraction of sp³-hybridized carbons (Fsp3) is 0.857. The van der Waals surface area contributed by atoms with Crippen molar-refractivity contribution in [1.29, 1.82) is 0 Å². The highest BCUT2D eigenvalue weighted by atomic mass is 127. The molecule has 3 nitrogen and oxygen atoms in total. The van der Waals surface area contributed by atoms with Gasteiger partial charge in [-0.05, 0) is 10.8 Å². The van der Waals surface area contributed by atoms with Gasteiger partial charge in [-0.1, -0.05) is 54.4 Å². The molecule has 2 atom stereocenters. The first-order valence-corrected chi connectivity index (χ1v) is 7.60. The van der Waals surface area contributed by atoms with Crippen molar-refractivity contribution in [3.8, 4) is 0 Å². The molecular formula is C14H24INO2. The standard InChI is InChI=1S/C14H24INO2/c1-7-13(3,4)9-10(14(5,6)8-2)12(18)16(15)11(9)17/h9-10H,7-8H2,1-6H3. The summed E-state index contributed by atoms with van der Waals surface area (Å²) in [5.41, 5.74) is -0.270. The molecule has 1 aliphatic rings. The van der Waals surface area contributed by atoms with Crippen LogP contribution in [0.4, 0.5) is 0 Å². The molecular weight excluding hydrogens is 341 g/mol. The molecule has 2 unspecified atom stereocenters. The predicted molar refractivity (Wildman–Crippen MR) is 81.0 cm³/mol. The first-order valence-electron chi connectivity index (χ1n) is 6.63. The topological polar surface area (TPSA) is 37.4 Å². The van der Waals surface area contributed by atoms with Gasteiger partial charge in [-0.3, -0.25) is 9.59 Å². The van der Waals surface area contributed by atoms with Gasteiger partial charge in [-0.25, -0.2) is 3.11 Å². The third-order valence-corrected chi connectivity index (χ3v) is 5.71. The summed E-state index contributed by atoms with van der Waals surface area (Å²) in [7, 11) is 0. The van der Waals surface area contributed by atoms with Crippen LogP contribution < -0.4 is 0 Å². The lowest BCUT2D eigenvalue weighted by molar-refractivity contribution is -0.133. The van der Waals surface area contributed by atoms with Crippen LogP contribution in [0.2, 0.25) is 0 Å². The minimum absolute atomic E-state index is 0.0148. The van der Waals surface area contributed by atoms with E-state index in [0.29, 0.717) is 0 Å². The highest BCUT2D eigenvalue weighted by Gasteiger charge is 2.57. The van der Waals surface area contributed by atoms with E-state index in [1.165, 1.54) is 3.11 Å². The van der Waals surface area contributed by atoms with Crippen molar-refractivity contribution in [2.45, 2.75) is 54.4 Å². The van der Waals surface area contributed by atoms with Crippen molar-refractivity contribution in [3.63, 3.8) is 0 Å². The Kier molecular flexibility index (Phi) is 4.51. The molecule has 2 amide bonds. The molecule has 1 heterocycles. The summed E-state index contributed by atoms with van der Waals surface area (Å²) in [6.45, 7) is 12.6. The number of carbonyl (C=O) groups excluding carboxylic acids is 2. The Morgan fingerprint density at radius 1 is 0.944 bits per heavy atom. The van der Waals surface area contributed by atoms with E-state index in [0.717, 1.165) is 12.8 Å². The first-order chi connectivity index (χ1) is 8.10. The number of imide groups is 1. The van der Waals surface area contributed by atoms with Crippen molar-refractivity contribution in [3.05, 3.63) is 0 Å². The molecule has 1 rings (SSSR count). The molecule has 0 spiro atoms. The lowest BCUT2D eigenvalue weighted by atomic mass is 9.62. The van der Waals surface area contributed by atoms with Crippen LogP contribution in [0, 0.1) is 22.7 Å². The van der Waals surface area contributed by atoms with Crippen LogP contribution >= 0.6 is 22.9 Å². The molecule has 18 heavy (non-hydrogen) atoms. The molecule has 0 saturated carbocycles. The quantitative estimate of drug-likeness (QED) is 0.432. The highest BCUT2D eigenvalue weighted by molar-refractivity contribution is 14.1. The van der Waals surface area contributed by atoms with E-state index < -0.39 is 0 Å². The number of hydrogen-bond donors (Lipinski definition) is 0. The Balaban J connectivity index is 3.27. The fourth-order valence-corrected chi connectivity index (χ4v) is 3.25. The van der Waals surface area contributed by atoms with Crippen molar-refractivity contribution in [1.82, 2.24) is 3.11 Å². The van der Waals surface area contributed by atoms with Crippen LogP contribution in [0.15, 0.2) is 0 Å². The number of amides is 2. The molecule has 1 aliphatic heterocycles. The monoisotopic (exact) mass is 365 g/mol. The van der Waals surface area contributed by atoms with Gasteiger partial charge < -0.3 is 0 Å². The van der Waals surface area contributed by atoms with Gasteiger partial charge in [-0.15, -0.1) is 0 Å². The number of halogens is 1. The number of hydrogen-bond acceptors (Lipinski definition) is 2. The van der Waals surface area contributed by atoms with Crippen LogP contribution in [0.1, 0.15) is 54.4 Å². The van der Waals surface area contributed by atoms with Crippen LogP contribution in [-0.4, -0.2) is 14.9 Å². The van der Waals surface area contributed by atoms with E-state index >= 15 is 0 Å². The van der Waals surface area contributed by atoms with Gasteiger partial charge in [0.25, 0.3) is 0 Å². The van der Waals surface area contributed by atoms with Gasteiger partial charge in [0.15, 0.2) is 0 Å². The van der Waals surface area contributed by atoms with Gasteiger partial charge >= 0.3 is 0 Å². The number of carbonyl (C=O) groups is 2. The van der Waals surface area contributed by atoms with Crippen molar-refractivity contribution < 1.29 is 9.59 Å². The summed E-state index contributed by atoms with van der Waals surface area (Å²) in [5.74, 6) is -0.415. The third kappa shape index (κ3) is 2.45. The highest BCUT2D eigenvalue weighted by Crippen LogP contribution is 2.50. The normalized spacial score (nSPS) is 26.1. The van der Waals surface area contributed by atoms with Crippen LogP contribution in [0.5, 0.6) is 0 Å². The molecule has 0 N–H and O–H groups in total. The summed E-state index contributed by atoms with van der Waals surface area (Å²) in [6, 6.07) is 0. The maximum Gasteiger partial charge on any atom is 0.242 e. The summed E-state index contributed by atoms with van der Waals surface area (Å²) in [4.78, 5) is 24.8. The second-order valence-electron chi connectivity index (χ2n) is 6.60. The second-order valence-corrected chi connectivity index (χ2v) is 7.56. The molecule has 1 saturated heterocycles. The lowest BCUT2D eigenvalue weighted by Gasteiger charge is -2.38. The fourth-order valence-electron chi connectivity index (χ4n) is 2.65. The Labute approximate surface area is 124 Å². The summed E-state index contributed by atoms with van der Waals surface area (Å²) >= 11 is 1.86. The Morgan fingerprint density at radius 2 is 1.22 bits per heavy atom. The maximum absolute atomic E-state index is 12.4. The van der Waals surface area contributed by atoms with Gasteiger partial charge in [0.05, 0.1) is 34.7 Å². The van der Waals surface area contributed by atoms with E-state index in [4.69, 9.17) is 0 Å². The molecule has 0 radical (unpaired) electrons. The third-order valence-electron chi connectivity index (χ3n) is 4.76. The molecule has 0 bridgehead atoms. The SMILES string of the molecule is CCC(C)(C)C1C(=O)N(I)C(=O)C1C(C)(C)CC. The largest absolute Gasteiger partial charge is 0.273 e. The molecule has 0 aromatic carbocycles. The molecule has 0 aromatic rings. The van der Waals surface area contributed by atoms with Gasteiger partial charge in [0, 0.05) is 0 Å². The van der Waals surface area contributed by atoms with E-state index in [-0.39, 0.29) is 34.5 Å². The average Bonchev–Trinajstić information content (AvgIpc) is 2.54. The van der Waals surface area contributed by atoms with E-state index in [2.05, 4.69) is 41.5 Å². The zero-order chi connectivity index (χ0) is 14.3. The minimum Gasteiger partial charge on any atom is -0.273 e. The van der Waals surface area contributed by atoms with Crippen LogP contribution in [0.25, 0.3) is 0 Å². The Morgan fingerprint density at radius 3 is 1.44 bits per heavy atom. The second kappa shape index (κ2) is 5.10. The van der Waals surface area contributed by atoms with Crippen molar-refractivity contribution in [2.75, 3.05) is 0 Å². The predicted octanol–water partition coefficient (Wildman–Crippen LogP) is 3.81. The number of nitrogens with zero attached hydrogens (tertiary/aromatic N) is 1. The minimum atomic E-state index is -0.193. The van der Waals surface area contributed by atoms with Crippen LogP contribution in [0.3, 0.4) is 0 Å². The molecule has 4 heteroatoms. The van der Waals surface area contributed by atoms with Gasteiger partial charge in [-0.2, -0.15) is 0 Å². The molecule has 1 fully saturated rings. The first kappa shape index (κ1) is 15.9. The smallest absolute Gasteiger partial charge is 0.242 e. The van der Waals surface area contributed by atoms with Gasteiger partial charge in [0.1, 0.15) is 0 Å². The van der Waals surface area contributed by atoms with E-state index in [1.54, 1.807) is 0 Å². The van der Waals surface area contributed by atoms with Crippen molar-refractivity contribution >= 4 is 34.7 Å². The maximum atomic E-state index is 12.4. The van der Waals surface area contributed by atoms with E-state index in [9.17, 15) is 9.59 Å². The molecule has 104 valence electrons. The summed E-state index contributed by atoms with van der Waals surface area (Å²) in [6.07, 6.45) is 1.80. The molecule has 0 aliphatic carbocycles. The Hall–Kier alpha value is -0.130. The lowest BCUT2D eigenvalue weighted by Crippen LogP contribution is -2.40. The zero-order valence-electron chi connectivity index (χ0n) is 12.2.